The molecule has 0 unspecified atom stereocenters. The predicted octanol–water partition coefficient (Wildman–Crippen LogP) is 1.48. The van der Waals surface area contributed by atoms with Gasteiger partial charge >= 0.3 is 0 Å². The van der Waals surface area contributed by atoms with Crippen LogP contribution in [0.25, 0.3) is 0 Å². The minimum atomic E-state index is -0.185. The van der Waals surface area contributed by atoms with Gasteiger partial charge in [-0.3, -0.25) is 4.79 Å². The number of nitrogens with one attached hydrogen (secondary N) is 1. The highest BCUT2D eigenvalue weighted by atomic mass is 16.5. The number of ether oxygens (including phenoxy) is 1. The maximum absolute atomic E-state index is 11.7. The Morgan fingerprint density at radius 3 is 2.88 bits per heavy atom. The summed E-state index contributed by atoms with van der Waals surface area (Å²) in [6, 6.07) is 0. The zero-order valence-electron chi connectivity index (χ0n) is 10.4. The van der Waals surface area contributed by atoms with Crippen molar-refractivity contribution >= 4 is 5.91 Å². The average molecular weight is 232 g/mol. The third kappa shape index (κ3) is 1.55. The number of pyridine rings is 1. The first-order valence-electron chi connectivity index (χ1n) is 5.91. The molecule has 1 aromatic heterocycles. The van der Waals surface area contributed by atoms with Gasteiger partial charge < -0.3 is 10.1 Å². The second-order valence-corrected chi connectivity index (χ2v) is 5.40. The van der Waals surface area contributed by atoms with E-state index in [1.165, 1.54) is 11.1 Å². The van der Waals surface area contributed by atoms with Gasteiger partial charge in [0, 0.05) is 29.8 Å². The van der Waals surface area contributed by atoms with E-state index in [-0.39, 0.29) is 11.5 Å². The molecule has 0 saturated heterocycles. The van der Waals surface area contributed by atoms with Crippen LogP contribution < -0.4 is 5.32 Å². The van der Waals surface area contributed by atoms with Gasteiger partial charge in [-0.05, 0) is 26.3 Å². The SMILES string of the molecule is Cc1c2c(nc3c1CNC3=O)CC(C)(C)OC2. The fourth-order valence-electron chi connectivity index (χ4n) is 2.56. The van der Waals surface area contributed by atoms with Crippen LogP contribution >= 0.6 is 0 Å². The van der Waals surface area contributed by atoms with Gasteiger partial charge in [0.25, 0.3) is 5.91 Å². The summed E-state index contributed by atoms with van der Waals surface area (Å²) in [4.78, 5) is 16.2. The van der Waals surface area contributed by atoms with Crippen LogP contribution in [-0.4, -0.2) is 16.5 Å². The Labute approximate surface area is 100 Å². The van der Waals surface area contributed by atoms with E-state index >= 15 is 0 Å². The number of hydrogen-bond acceptors (Lipinski definition) is 3. The van der Waals surface area contributed by atoms with E-state index in [1.807, 2.05) is 0 Å². The predicted molar refractivity (Wildman–Crippen MR) is 62.7 cm³/mol. The second-order valence-electron chi connectivity index (χ2n) is 5.40. The van der Waals surface area contributed by atoms with Crippen molar-refractivity contribution in [3.63, 3.8) is 0 Å². The monoisotopic (exact) mass is 232 g/mol. The van der Waals surface area contributed by atoms with E-state index in [9.17, 15) is 4.79 Å². The van der Waals surface area contributed by atoms with Crippen molar-refractivity contribution in [2.45, 2.75) is 45.9 Å². The molecule has 2 aliphatic rings. The first-order valence-corrected chi connectivity index (χ1v) is 5.91. The van der Waals surface area contributed by atoms with Crippen molar-refractivity contribution < 1.29 is 9.53 Å². The number of fused-ring (bicyclic) bond motifs is 2. The van der Waals surface area contributed by atoms with Crippen LogP contribution in [0.3, 0.4) is 0 Å². The number of aromatic nitrogens is 1. The van der Waals surface area contributed by atoms with Crippen LogP contribution in [0.1, 0.15) is 46.7 Å². The van der Waals surface area contributed by atoms with Gasteiger partial charge in [0.05, 0.1) is 12.2 Å². The van der Waals surface area contributed by atoms with E-state index in [4.69, 9.17) is 4.74 Å². The molecule has 0 aromatic carbocycles. The minimum absolute atomic E-state index is 0.0461. The van der Waals surface area contributed by atoms with E-state index in [1.54, 1.807) is 0 Å². The number of carbonyl (C=O) groups is 1. The van der Waals surface area contributed by atoms with Crippen molar-refractivity contribution in [2.75, 3.05) is 0 Å². The molecule has 3 heterocycles. The molecule has 0 fully saturated rings. The lowest BCUT2D eigenvalue weighted by atomic mass is 9.91. The lowest BCUT2D eigenvalue weighted by Crippen LogP contribution is -2.33. The highest BCUT2D eigenvalue weighted by molar-refractivity contribution is 5.97. The molecule has 0 aliphatic carbocycles. The van der Waals surface area contributed by atoms with Gasteiger partial charge in [0.1, 0.15) is 5.69 Å². The molecule has 0 bridgehead atoms. The summed E-state index contributed by atoms with van der Waals surface area (Å²) in [5.74, 6) is -0.0461. The van der Waals surface area contributed by atoms with Crippen LogP contribution in [0.15, 0.2) is 0 Å². The topological polar surface area (TPSA) is 51.2 Å². The molecule has 4 heteroatoms. The Balaban J connectivity index is 2.17. The van der Waals surface area contributed by atoms with Crippen LogP contribution in [0.2, 0.25) is 0 Å². The lowest BCUT2D eigenvalue weighted by molar-refractivity contribution is -0.0416. The van der Waals surface area contributed by atoms with Crippen molar-refractivity contribution in [1.82, 2.24) is 10.3 Å². The summed E-state index contributed by atoms with van der Waals surface area (Å²) in [6.07, 6.45) is 0.768. The molecule has 0 saturated carbocycles. The van der Waals surface area contributed by atoms with Crippen LogP contribution in [0, 0.1) is 6.92 Å². The van der Waals surface area contributed by atoms with Gasteiger partial charge in [0.15, 0.2) is 0 Å². The molecule has 3 rings (SSSR count). The van der Waals surface area contributed by atoms with Crippen molar-refractivity contribution in [2.24, 2.45) is 0 Å². The minimum Gasteiger partial charge on any atom is -0.370 e. The van der Waals surface area contributed by atoms with Crippen LogP contribution in [0.4, 0.5) is 0 Å². The quantitative estimate of drug-likeness (QED) is 0.737. The number of amides is 1. The third-order valence-corrected chi connectivity index (χ3v) is 3.63. The summed E-state index contributed by atoms with van der Waals surface area (Å²) in [6.45, 7) is 7.37. The summed E-state index contributed by atoms with van der Waals surface area (Å²) >= 11 is 0. The second kappa shape index (κ2) is 3.29. The van der Waals surface area contributed by atoms with Gasteiger partial charge in [-0.15, -0.1) is 0 Å². The van der Waals surface area contributed by atoms with Crippen molar-refractivity contribution in [3.05, 3.63) is 28.1 Å². The molecular weight excluding hydrogens is 216 g/mol. The smallest absolute Gasteiger partial charge is 0.270 e. The first-order chi connectivity index (χ1) is 7.98. The molecule has 1 amide bonds. The van der Waals surface area contributed by atoms with Crippen LogP contribution in [-0.2, 0) is 24.3 Å². The zero-order valence-corrected chi connectivity index (χ0v) is 10.4. The highest BCUT2D eigenvalue weighted by Crippen LogP contribution is 2.32. The van der Waals surface area contributed by atoms with Crippen molar-refractivity contribution in [3.8, 4) is 0 Å². The molecule has 1 N–H and O–H groups in total. The average Bonchev–Trinajstić information content (AvgIpc) is 2.59. The number of rotatable bonds is 0. The number of carbonyl (C=O) groups excluding carboxylic acids is 1. The maximum atomic E-state index is 11.7. The molecule has 17 heavy (non-hydrogen) atoms. The Morgan fingerprint density at radius 2 is 2.12 bits per heavy atom. The van der Waals surface area contributed by atoms with Crippen molar-refractivity contribution in [1.29, 1.82) is 0 Å². The summed E-state index contributed by atoms with van der Waals surface area (Å²) in [5.41, 5.74) is 4.82. The molecule has 90 valence electrons. The van der Waals surface area contributed by atoms with Gasteiger partial charge in [-0.1, -0.05) is 0 Å². The highest BCUT2D eigenvalue weighted by Gasteiger charge is 2.32. The Kier molecular flexibility index (Phi) is 2.08. The van der Waals surface area contributed by atoms with Gasteiger partial charge in [0.2, 0.25) is 0 Å². The zero-order chi connectivity index (χ0) is 12.2. The normalized spacial score (nSPS) is 20.8. The fourth-order valence-corrected chi connectivity index (χ4v) is 2.56. The van der Waals surface area contributed by atoms with Gasteiger partial charge in [-0.25, -0.2) is 4.98 Å². The van der Waals surface area contributed by atoms with E-state index in [0.29, 0.717) is 18.8 Å². The molecule has 1 aromatic rings. The molecular formula is C13H16N2O2. The van der Waals surface area contributed by atoms with Gasteiger partial charge in [-0.2, -0.15) is 0 Å². The fraction of sp³-hybridized carbons (Fsp3) is 0.538. The Hall–Kier alpha value is -1.42. The molecule has 2 aliphatic heterocycles. The number of nitrogens with zero attached hydrogens (tertiary/aromatic N) is 1. The summed E-state index contributed by atoms with van der Waals surface area (Å²) in [7, 11) is 0. The largest absolute Gasteiger partial charge is 0.370 e. The molecule has 0 radical (unpaired) electrons. The Bertz CT molecular complexity index is 521. The summed E-state index contributed by atoms with van der Waals surface area (Å²) in [5, 5.41) is 2.83. The van der Waals surface area contributed by atoms with Crippen LogP contribution in [0.5, 0.6) is 0 Å². The van der Waals surface area contributed by atoms with E-state index in [2.05, 4.69) is 31.1 Å². The lowest BCUT2D eigenvalue weighted by Gasteiger charge is -2.32. The summed E-state index contributed by atoms with van der Waals surface area (Å²) < 4.78 is 5.81. The first kappa shape index (κ1) is 10.7. The van der Waals surface area contributed by atoms with E-state index < -0.39 is 0 Å². The standard InChI is InChI=1S/C13H16N2O2/c1-7-8-5-14-12(16)11(8)15-10-4-13(2,3)17-6-9(7)10/h4-6H2,1-3H3,(H,14,16). The third-order valence-electron chi connectivity index (χ3n) is 3.63. The molecule has 0 spiro atoms. The molecule has 4 nitrogen and oxygen atoms in total. The Morgan fingerprint density at radius 1 is 1.35 bits per heavy atom. The number of hydrogen-bond donors (Lipinski definition) is 1. The van der Waals surface area contributed by atoms with E-state index in [0.717, 1.165) is 17.7 Å². The maximum Gasteiger partial charge on any atom is 0.270 e. The molecule has 0 atom stereocenters.